The van der Waals surface area contributed by atoms with Gasteiger partial charge >= 0.3 is 129 Å². The van der Waals surface area contributed by atoms with Crippen LogP contribution in [0.25, 0.3) is 0 Å². The second kappa shape index (κ2) is 107. The van der Waals surface area contributed by atoms with Crippen molar-refractivity contribution in [2.75, 3.05) is 0 Å². The summed E-state index contributed by atoms with van der Waals surface area (Å²) in [6.07, 6.45) is 0. The van der Waals surface area contributed by atoms with E-state index in [1.54, 1.807) is 0 Å². The van der Waals surface area contributed by atoms with E-state index in [0.29, 0.717) is 0 Å². The molecule has 0 heterocycles. The molecule has 0 atom stereocenters. The fourth-order valence-electron chi connectivity index (χ4n) is 0. The van der Waals surface area contributed by atoms with Crippen molar-refractivity contribution in [3.8, 4) is 0 Å². The standard InChI is InChI=1S/5In.3O.3P/q5*+3;3*-2;3*-3. The smallest absolute Gasteiger partial charge is 3.00 e. The summed E-state index contributed by atoms with van der Waals surface area (Å²) in [5, 5.41) is 0. The van der Waals surface area contributed by atoms with E-state index in [0.717, 1.165) is 0 Å². The molecule has 0 aliphatic heterocycles. The van der Waals surface area contributed by atoms with Gasteiger partial charge in [-0.15, -0.1) is 0 Å². The molecule has 0 rings (SSSR count). The Morgan fingerprint density at radius 3 is 0.273 bits per heavy atom. The van der Waals surface area contributed by atoms with Crippen molar-refractivity contribution in [1.82, 2.24) is 0 Å². The molecular formula is In5O3P3. The maximum atomic E-state index is 0. The third-order valence-corrected chi connectivity index (χ3v) is 0. The van der Waals surface area contributed by atoms with Gasteiger partial charge in [0, 0.05) is 0 Å². The van der Waals surface area contributed by atoms with Crippen LogP contribution in [0.5, 0.6) is 0 Å². The first-order chi connectivity index (χ1) is 0. The van der Waals surface area contributed by atoms with Crippen molar-refractivity contribution >= 4 is 159 Å². The average Bonchev–Trinajstić information content (AvgIpc) is 0. The second-order valence-electron chi connectivity index (χ2n) is 0. The van der Waals surface area contributed by atoms with E-state index in [1.807, 2.05) is 0 Å². The van der Waals surface area contributed by atoms with Gasteiger partial charge in [0.05, 0.1) is 0 Å². The third-order valence-electron chi connectivity index (χ3n) is 0. The van der Waals surface area contributed by atoms with Gasteiger partial charge in [-0.2, -0.15) is 0 Å². The topological polar surface area (TPSA) is 85.5 Å². The van der Waals surface area contributed by atoms with Crippen LogP contribution in [0, 0.1) is 0 Å². The van der Waals surface area contributed by atoms with Crippen molar-refractivity contribution in [3.05, 3.63) is 0 Å². The average molecular weight is 715 g/mol. The van der Waals surface area contributed by atoms with Crippen LogP contribution in [0.4, 0.5) is 0 Å². The molecular weight excluding hydrogens is 715 g/mol. The molecule has 0 unspecified atom stereocenters. The van der Waals surface area contributed by atoms with Crippen molar-refractivity contribution in [2.24, 2.45) is 0 Å². The third kappa shape index (κ3) is 93.1. The van der Waals surface area contributed by atoms with Crippen LogP contribution in [-0.4, -0.2) is 129 Å². The van der Waals surface area contributed by atoms with Crippen LogP contribution in [0.15, 0.2) is 0 Å². The molecule has 0 aliphatic carbocycles. The van der Waals surface area contributed by atoms with Gasteiger partial charge < -0.3 is 46.1 Å². The van der Waals surface area contributed by atoms with E-state index >= 15 is 0 Å². The molecule has 0 N–H and O–H groups in total. The van der Waals surface area contributed by atoms with Gasteiger partial charge in [0.2, 0.25) is 0 Å². The molecule has 0 bridgehead atoms. The number of hydrogen-bond acceptors (Lipinski definition) is 0. The van der Waals surface area contributed by atoms with Crippen LogP contribution in [0.1, 0.15) is 0 Å². The molecule has 11 heteroatoms. The van der Waals surface area contributed by atoms with Crippen molar-refractivity contribution in [1.29, 1.82) is 0 Å². The molecule has 0 saturated heterocycles. The zero-order valence-corrected chi connectivity index (χ0v) is 24.6. The summed E-state index contributed by atoms with van der Waals surface area (Å²) in [6.45, 7) is 0. The largest absolute Gasteiger partial charge is 3.00 e. The van der Waals surface area contributed by atoms with Gasteiger partial charge in [-0.25, -0.2) is 0 Å². The summed E-state index contributed by atoms with van der Waals surface area (Å²) >= 11 is 0. The first-order valence-corrected chi connectivity index (χ1v) is 0. The quantitative estimate of drug-likeness (QED) is 0.324. The first-order valence-electron chi connectivity index (χ1n) is 0. The summed E-state index contributed by atoms with van der Waals surface area (Å²) in [4.78, 5) is 0. The predicted octanol–water partition coefficient (Wildman–Crippen LogP) is 0.323. The molecule has 48 valence electrons. The van der Waals surface area contributed by atoms with E-state index in [2.05, 4.69) is 0 Å². The normalized spacial score (nSPS) is 0. The van der Waals surface area contributed by atoms with E-state index in [9.17, 15) is 0 Å². The second-order valence-corrected chi connectivity index (χ2v) is 0. The van der Waals surface area contributed by atoms with Crippen LogP contribution >= 0.6 is 29.7 Å². The Morgan fingerprint density at radius 1 is 0.273 bits per heavy atom. The Kier molecular flexibility index (Phi) is 1270. The Balaban J connectivity index is 0. The van der Waals surface area contributed by atoms with E-state index in [1.165, 1.54) is 0 Å². The zero-order chi connectivity index (χ0) is 0. The minimum absolute atomic E-state index is 0. The summed E-state index contributed by atoms with van der Waals surface area (Å²) in [5.74, 6) is 0. The van der Waals surface area contributed by atoms with Gasteiger partial charge in [0.1, 0.15) is 0 Å². The Morgan fingerprint density at radius 2 is 0.273 bits per heavy atom. The predicted molar refractivity (Wildman–Crippen MR) is 51.6 cm³/mol. The summed E-state index contributed by atoms with van der Waals surface area (Å²) < 4.78 is 0. The molecule has 0 aromatic rings. The fourth-order valence-corrected chi connectivity index (χ4v) is 0. The van der Waals surface area contributed by atoms with Crippen LogP contribution in [0.2, 0.25) is 0 Å². The molecule has 0 aromatic heterocycles. The Bertz CT molecular complexity index is 16.9. The molecule has 0 radical (unpaired) electrons. The number of hydrogen-bond donors (Lipinski definition) is 0. The fraction of sp³-hybridized carbons (Fsp3) is 0. The maximum absolute atomic E-state index is 0. The maximum Gasteiger partial charge on any atom is 3.00 e. The van der Waals surface area contributed by atoms with Gasteiger partial charge in [-0.1, -0.05) is 0 Å². The number of rotatable bonds is 0. The minimum atomic E-state index is 0. The Labute approximate surface area is 172 Å². The van der Waals surface area contributed by atoms with Gasteiger partial charge in [-0.05, 0) is 0 Å². The molecule has 0 spiro atoms. The summed E-state index contributed by atoms with van der Waals surface area (Å²) in [6, 6.07) is 0. The summed E-state index contributed by atoms with van der Waals surface area (Å²) in [5.41, 5.74) is 0. The van der Waals surface area contributed by atoms with Gasteiger partial charge in [0.15, 0.2) is 0 Å². The van der Waals surface area contributed by atoms with Crippen molar-refractivity contribution in [2.45, 2.75) is 0 Å². The zero-order valence-electron chi connectivity index (χ0n) is 5.45. The summed E-state index contributed by atoms with van der Waals surface area (Å²) in [7, 11) is 0. The van der Waals surface area contributed by atoms with E-state index in [-0.39, 0.29) is 175 Å². The SMILES string of the molecule is [In+3].[In+3].[In+3].[In+3].[In+3].[O-2].[O-2].[O-2].[P-3].[P-3].[P-3]. The van der Waals surface area contributed by atoms with Gasteiger partial charge in [0.25, 0.3) is 0 Å². The van der Waals surface area contributed by atoms with E-state index < -0.39 is 0 Å². The van der Waals surface area contributed by atoms with Crippen molar-refractivity contribution < 1.29 is 16.4 Å². The van der Waals surface area contributed by atoms with Crippen LogP contribution in [0.3, 0.4) is 0 Å². The van der Waals surface area contributed by atoms with Gasteiger partial charge in [-0.3, -0.25) is 0 Å². The molecule has 0 amide bonds. The molecule has 0 aliphatic rings. The van der Waals surface area contributed by atoms with Crippen LogP contribution < -0.4 is 0 Å². The molecule has 3 nitrogen and oxygen atoms in total. The molecule has 0 fully saturated rings. The molecule has 11 heavy (non-hydrogen) atoms. The molecule has 0 saturated carbocycles. The monoisotopic (exact) mass is 715 g/mol. The van der Waals surface area contributed by atoms with Crippen LogP contribution in [-0.2, 0) is 16.4 Å². The van der Waals surface area contributed by atoms with E-state index in [4.69, 9.17) is 0 Å². The van der Waals surface area contributed by atoms with Crippen molar-refractivity contribution in [3.63, 3.8) is 0 Å². The Hall–Kier alpha value is 5.52. The molecule has 0 aromatic carbocycles. The first kappa shape index (κ1) is 131. The minimum Gasteiger partial charge on any atom is -3.00 e.